The van der Waals surface area contributed by atoms with Crippen molar-refractivity contribution >= 4 is 11.9 Å². The maximum absolute atomic E-state index is 12.8. The highest BCUT2D eigenvalue weighted by Gasteiger charge is 2.37. The summed E-state index contributed by atoms with van der Waals surface area (Å²) < 4.78 is 43.6. The molecule has 2 N–H and O–H groups in total. The molecule has 1 heterocycles. The Kier molecular flexibility index (Phi) is 6.28. The van der Waals surface area contributed by atoms with Gasteiger partial charge in [0.2, 0.25) is 5.91 Å². The number of carbonyl (C=O) groups excluding carboxylic acids is 1. The van der Waals surface area contributed by atoms with Gasteiger partial charge in [0, 0.05) is 19.1 Å². The van der Waals surface area contributed by atoms with E-state index < -0.39 is 29.2 Å². The largest absolute Gasteiger partial charge is 0.481 e. The SMILES string of the molecule is CC(Cc1cccc(C(F)(F)F)c1)C(=O)NC1(CC(=O)O)CCOCC1. The Morgan fingerprint density at radius 1 is 1.31 bits per heavy atom. The maximum Gasteiger partial charge on any atom is 0.416 e. The molecule has 26 heavy (non-hydrogen) atoms. The molecular weight excluding hydrogens is 351 g/mol. The van der Waals surface area contributed by atoms with Gasteiger partial charge in [-0.1, -0.05) is 25.1 Å². The number of benzene rings is 1. The number of ether oxygens (including phenoxy) is 1. The molecule has 0 saturated carbocycles. The summed E-state index contributed by atoms with van der Waals surface area (Å²) in [4.78, 5) is 23.7. The van der Waals surface area contributed by atoms with Gasteiger partial charge in [-0.25, -0.2) is 0 Å². The average Bonchev–Trinajstić information content (AvgIpc) is 2.54. The molecule has 1 aliphatic rings. The predicted octanol–water partition coefficient (Wildman–Crippen LogP) is 3.02. The molecule has 1 fully saturated rings. The molecule has 1 atom stereocenters. The minimum absolute atomic E-state index is 0.134. The fourth-order valence-corrected chi connectivity index (χ4v) is 3.10. The van der Waals surface area contributed by atoms with Gasteiger partial charge in [0.05, 0.1) is 17.5 Å². The fraction of sp³-hybridized carbons (Fsp3) is 0.556. The number of rotatable bonds is 6. The monoisotopic (exact) mass is 373 g/mol. The normalized spacial score (nSPS) is 18.2. The lowest BCUT2D eigenvalue weighted by Crippen LogP contribution is -2.54. The van der Waals surface area contributed by atoms with E-state index in [1.165, 1.54) is 6.07 Å². The smallest absolute Gasteiger partial charge is 0.416 e. The number of alkyl halides is 3. The summed E-state index contributed by atoms with van der Waals surface area (Å²) in [7, 11) is 0. The lowest BCUT2D eigenvalue weighted by Gasteiger charge is -2.37. The summed E-state index contributed by atoms with van der Waals surface area (Å²) in [6, 6.07) is 4.87. The van der Waals surface area contributed by atoms with Gasteiger partial charge in [-0.05, 0) is 30.9 Å². The van der Waals surface area contributed by atoms with E-state index in [9.17, 15) is 22.8 Å². The molecule has 144 valence electrons. The van der Waals surface area contributed by atoms with E-state index in [4.69, 9.17) is 9.84 Å². The van der Waals surface area contributed by atoms with Gasteiger partial charge in [0.25, 0.3) is 0 Å². The van der Waals surface area contributed by atoms with Crippen LogP contribution >= 0.6 is 0 Å². The Morgan fingerprint density at radius 2 is 1.96 bits per heavy atom. The Labute approximate surface area is 149 Å². The van der Waals surface area contributed by atoms with Gasteiger partial charge in [-0.2, -0.15) is 13.2 Å². The highest BCUT2D eigenvalue weighted by molar-refractivity contribution is 5.80. The molecule has 0 spiro atoms. The van der Waals surface area contributed by atoms with Crippen LogP contribution in [-0.4, -0.2) is 35.7 Å². The number of hydrogen-bond donors (Lipinski definition) is 2. The third-order valence-electron chi connectivity index (χ3n) is 4.57. The van der Waals surface area contributed by atoms with E-state index >= 15 is 0 Å². The first-order valence-corrected chi connectivity index (χ1v) is 8.39. The van der Waals surface area contributed by atoms with E-state index in [-0.39, 0.29) is 18.7 Å². The maximum atomic E-state index is 12.8. The summed E-state index contributed by atoms with van der Waals surface area (Å²) in [6.45, 7) is 2.33. The molecule has 0 aromatic heterocycles. The Bertz CT molecular complexity index is 654. The minimum atomic E-state index is -4.44. The summed E-state index contributed by atoms with van der Waals surface area (Å²) in [5.74, 6) is -1.98. The highest BCUT2D eigenvalue weighted by Crippen LogP contribution is 2.30. The van der Waals surface area contributed by atoms with Gasteiger partial charge in [-0.15, -0.1) is 0 Å². The average molecular weight is 373 g/mol. The third-order valence-corrected chi connectivity index (χ3v) is 4.57. The second-order valence-corrected chi connectivity index (χ2v) is 6.76. The van der Waals surface area contributed by atoms with E-state index in [1.807, 2.05) is 0 Å². The topological polar surface area (TPSA) is 75.6 Å². The van der Waals surface area contributed by atoms with Crippen LogP contribution in [0.25, 0.3) is 0 Å². The van der Waals surface area contributed by atoms with Crippen LogP contribution in [0.3, 0.4) is 0 Å². The minimum Gasteiger partial charge on any atom is -0.481 e. The van der Waals surface area contributed by atoms with Crippen LogP contribution in [0.1, 0.15) is 37.3 Å². The molecule has 0 aliphatic carbocycles. The van der Waals surface area contributed by atoms with Crippen LogP contribution in [0.15, 0.2) is 24.3 Å². The number of carboxylic acid groups (broad SMARTS) is 1. The lowest BCUT2D eigenvalue weighted by molar-refractivity contribution is -0.141. The van der Waals surface area contributed by atoms with Crippen molar-refractivity contribution in [2.75, 3.05) is 13.2 Å². The standard InChI is InChI=1S/C18H22F3NO4/c1-12(9-13-3-2-4-14(10-13)18(19,20)21)16(25)22-17(11-15(23)24)5-7-26-8-6-17/h2-4,10,12H,5-9,11H2,1H3,(H,22,25)(H,23,24). The second-order valence-electron chi connectivity index (χ2n) is 6.76. The zero-order valence-corrected chi connectivity index (χ0v) is 14.4. The molecule has 0 bridgehead atoms. The number of carbonyl (C=O) groups is 2. The first-order chi connectivity index (χ1) is 12.1. The molecular formula is C18H22F3NO4. The molecule has 1 aliphatic heterocycles. The zero-order chi connectivity index (χ0) is 19.4. The summed E-state index contributed by atoms with van der Waals surface area (Å²) in [5, 5.41) is 11.9. The Balaban J connectivity index is 2.05. The van der Waals surface area contributed by atoms with Gasteiger partial charge >= 0.3 is 12.1 Å². The second kappa shape index (κ2) is 8.07. The van der Waals surface area contributed by atoms with Crippen LogP contribution in [-0.2, 0) is 26.9 Å². The molecule has 1 saturated heterocycles. The van der Waals surface area contributed by atoms with Crippen molar-refractivity contribution in [2.24, 2.45) is 5.92 Å². The van der Waals surface area contributed by atoms with Crippen LogP contribution in [0.4, 0.5) is 13.2 Å². The highest BCUT2D eigenvalue weighted by atomic mass is 19.4. The van der Waals surface area contributed by atoms with Gasteiger partial charge in [-0.3, -0.25) is 9.59 Å². The van der Waals surface area contributed by atoms with E-state index in [0.29, 0.717) is 31.6 Å². The van der Waals surface area contributed by atoms with Crippen LogP contribution < -0.4 is 5.32 Å². The molecule has 1 aromatic rings. The number of carboxylic acids is 1. The molecule has 1 unspecified atom stereocenters. The van der Waals surface area contributed by atoms with Gasteiger partial charge < -0.3 is 15.2 Å². The van der Waals surface area contributed by atoms with Crippen molar-refractivity contribution in [3.63, 3.8) is 0 Å². The van der Waals surface area contributed by atoms with Crippen molar-refractivity contribution in [3.05, 3.63) is 35.4 Å². The van der Waals surface area contributed by atoms with Crippen molar-refractivity contribution in [2.45, 2.75) is 44.3 Å². The van der Waals surface area contributed by atoms with Crippen LogP contribution in [0, 0.1) is 5.92 Å². The molecule has 5 nitrogen and oxygen atoms in total. The van der Waals surface area contributed by atoms with E-state index in [0.717, 1.165) is 12.1 Å². The fourth-order valence-electron chi connectivity index (χ4n) is 3.10. The summed E-state index contributed by atoms with van der Waals surface area (Å²) in [6.07, 6.45) is -3.73. The van der Waals surface area contributed by atoms with E-state index in [2.05, 4.69) is 5.32 Å². The van der Waals surface area contributed by atoms with Crippen molar-refractivity contribution < 1.29 is 32.6 Å². The van der Waals surface area contributed by atoms with Crippen molar-refractivity contribution in [1.29, 1.82) is 0 Å². The molecule has 8 heteroatoms. The number of nitrogens with one attached hydrogen (secondary N) is 1. The van der Waals surface area contributed by atoms with Gasteiger partial charge in [0.1, 0.15) is 0 Å². The summed E-state index contributed by atoms with van der Waals surface area (Å²) in [5.41, 5.74) is -1.22. The molecule has 2 rings (SSSR count). The summed E-state index contributed by atoms with van der Waals surface area (Å²) >= 11 is 0. The van der Waals surface area contributed by atoms with Crippen LogP contribution in [0.2, 0.25) is 0 Å². The van der Waals surface area contributed by atoms with E-state index in [1.54, 1.807) is 13.0 Å². The van der Waals surface area contributed by atoms with Crippen molar-refractivity contribution in [1.82, 2.24) is 5.32 Å². The number of hydrogen-bond acceptors (Lipinski definition) is 3. The first-order valence-electron chi connectivity index (χ1n) is 8.39. The number of aliphatic carboxylic acids is 1. The zero-order valence-electron chi connectivity index (χ0n) is 14.4. The lowest BCUT2D eigenvalue weighted by atomic mass is 9.85. The Morgan fingerprint density at radius 3 is 2.54 bits per heavy atom. The predicted molar refractivity (Wildman–Crippen MR) is 87.5 cm³/mol. The third kappa shape index (κ3) is 5.45. The van der Waals surface area contributed by atoms with Crippen molar-refractivity contribution in [3.8, 4) is 0 Å². The Hall–Kier alpha value is -2.09. The molecule has 0 radical (unpaired) electrons. The van der Waals surface area contributed by atoms with Gasteiger partial charge in [0.15, 0.2) is 0 Å². The van der Waals surface area contributed by atoms with Crippen LogP contribution in [0.5, 0.6) is 0 Å². The number of halogens is 3. The number of amides is 1. The first kappa shape index (κ1) is 20.2. The molecule has 1 aromatic carbocycles. The molecule has 1 amide bonds. The quantitative estimate of drug-likeness (QED) is 0.804.